The van der Waals surface area contributed by atoms with Gasteiger partial charge in [-0.3, -0.25) is 0 Å². The van der Waals surface area contributed by atoms with E-state index in [0.29, 0.717) is 11.3 Å². The summed E-state index contributed by atoms with van der Waals surface area (Å²) >= 11 is 3.37. The number of anilines is 3. The van der Waals surface area contributed by atoms with Gasteiger partial charge in [0.1, 0.15) is 0 Å². The van der Waals surface area contributed by atoms with E-state index in [9.17, 15) is 0 Å². The molecular formula is C13H10BrN3. The first-order chi connectivity index (χ1) is 8.19. The third kappa shape index (κ3) is 2.77. The average Bonchev–Trinajstić information content (AvgIpc) is 2.35. The predicted octanol–water partition coefficient (Wildman–Crippen LogP) is 3.65. The molecule has 0 bridgehead atoms. The molecule has 0 spiro atoms. The van der Waals surface area contributed by atoms with Crippen LogP contribution in [-0.2, 0) is 0 Å². The van der Waals surface area contributed by atoms with Crippen LogP contribution in [0, 0.1) is 11.3 Å². The summed E-state index contributed by atoms with van der Waals surface area (Å²) in [7, 11) is 0. The van der Waals surface area contributed by atoms with Crippen LogP contribution < -0.4 is 11.1 Å². The van der Waals surface area contributed by atoms with Crippen LogP contribution >= 0.6 is 15.9 Å². The Morgan fingerprint density at radius 3 is 2.47 bits per heavy atom. The topological polar surface area (TPSA) is 61.8 Å². The fourth-order valence-corrected chi connectivity index (χ4v) is 1.69. The van der Waals surface area contributed by atoms with Gasteiger partial charge in [-0.2, -0.15) is 5.26 Å². The molecule has 0 fully saturated rings. The maximum atomic E-state index is 8.83. The highest BCUT2D eigenvalue weighted by Gasteiger charge is 2.01. The van der Waals surface area contributed by atoms with Crippen LogP contribution in [0.25, 0.3) is 0 Å². The Labute approximate surface area is 108 Å². The fourth-order valence-electron chi connectivity index (χ4n) is 1.42. The number of nitrogens with two attached hydrogens (primary N) is 1. The summed E-state index contributed by atoms with van der Waals surface area (Å²) < 4.78 is 1.02. The number of halogens is 1. The largest absolute Gasteiger partial charge is 0.397 e. The molecule has 2 aromatic rings. The quantitative estimate of drug-likeness (QED) is 0.829. The Balaban J connectivity index is 2.29. The van der Waals surface area contributed by atoms with Gasteiger partial charge in [-0.25, -0.2) is 0 Å². The first kappa shape index (κ1) is 11.5. The van der Waals surface area contributed by atoms with Crippen molar-refractivity contribution < 1.29 is 0 Å². The summed E-state index contributed by atoms with van der Waals surface area (Å²) in [5, 5.41) is 12.0. The van der Waals surface area contributed by atoms with Crippen LogP contribution in [0.3, 0.4) is 0 Å². The number of nitrogen functional groups attached to an aromatic ring is 1. The molecule has 0 aliphatic carbocycles. The second-order valence-corrected chi connectivity index (χ2v) is 4.46. The second kappa shape index (κ2) is 4.89. The van der Waals surface area contributed by atoms with Gasteiger partial charge in [-0.1, -0.05) is 15.9 Å². The molecule has 0 heterocycles. The minimum atomic E-state index is 0.582. The highest BCUT2D eigenvalue weighted by molar-refractivity contribution is 9.10. The van der Waals surface area contributed by atoms with Crippen molar-refractivity contribution in [2.24, 2.45) is 0 Å². The first-order valence-electron chi connectivity index (χ1n) is 5.01. The van der Waals surface area contributed by atoms with Crippen molar-refractivity contribution in [1.82, 2.24) is 0 Å². The molecule has 4 heteroatoms. The number of rotatable bonds is 2. The molecule has 0 saturated heterocycles. The van der Waals surface area contributed by atoms with Crippen molar-refractivity contribution in [3.05, 3.63) is 52.5 Å². The summed E-state index contributed by atoms with van der Waals surface area (Å²) in [5.74, 6) is 0. The van der Waals surface area contributed by atoms with Crippen LogP contribution in [-0.4, -0.2) is 0 Å². The predicted molar refractivity (Wildman–Crippen MR) is 73.0 cm³/mol. The lowest BCUT2D eigenvalue weighted by molar-refractivity contribution is 1.47. The highest BCUT2D eigenvalue weighted by Crippen LogP contribution is 2.25. The zero-order chi connectivity index (χ0) is 12.3. The van der Waals surface area contributed by atoms with E-state index in [1.54, 1.807) is 18.2 Å². The van der Waals surface area contributed by atoms with E-state index in [0.717, 1.165) is 15.8 Å². The molecule has 3 N–H and O–H groups in total. The fraction of sp³-hybridized carbons (Fsp3) is 0. The smallest absolute Gasteiger partial charge is 0.0992 e. The molecule has 0 aliphatic rings. The average molecular weight is 288 g/mol. The van der Waals surface area contributed by atoms with Crippen molar-refractivity contribution >= 4 is 33.0 Å². The number of hydrogen-bond donors (Lipinski definition) is 2. The Morgan fingerprint density at radius 2 is 1.82 bits per heavy atom. The van der Waals surface area contributed by atoms with Crippen LogP contribution in [0.1, 0.15) is 5.56 Å². The van der Waals surface area contributed by atoms with Crippen LogP contribution in [0.5, 0.6) is 0 Å². The summed E-state index contributed by atoms with van der Waals surface area (Å²) in [6.45, 7) is 0. The van der Waals surface area contributed by atoms with Gasteiger partial charge in [0.05, 0.1) is 23.0 Å². The lowest BCUT2D eigenvalue weighted by Gasteiger charge is -2.09. The van der Waals surface area contributed by atoms with Gasteiger partial charge in [0, 0.05) is 10.2 Å². The summed E-state index contributed by atoms with van der Waals surface area (Å²) in [6.07, 6.45) is 0. The van der Waals surface area contributed by atoms with E-state index in [2.05, 4.69) is 27.3 Å². The number of hydrogen-bond acceptors (Lipinski definition) is 3. The van der Waals surface area contributed by atoms with Gasteiger partial charge >= 0.3 is 0 Å². The number of nitrogens with zero attached hydrogens (tertiary/aromatic N) is 1. The summed E-state index contributed by atoms with van der Waals surface area (Å²) in [6, 6.07) is 15.0. The highest BCUT2D eigenvalue weighted by atomic mass is 79.9. The Kier molecular flexibility index (Phi) is 3.31. The Bertz CT molecular complexity index is 570. The molecule has 84 valence electrons. The molecule has 17 heavy (non-hydrogen) atoms. The third-order valence-corrected chi connectivity index (χ3v) is 2.83. The van der Waals surface area contributed by atoms with E-state index in [1.165, 1.54) is 0 Å². The molecule has 2 rings (SSSR count). The van der Waals surface area contributed by atoms with Gasteiger partial charge in [0.2, 0.25) is 0 Å². The lowest BCUT2D eigenvalue weighted by atomic mass is 10.2. The van der Waals surface area contributed by atoms with E-state index in [4.69, 9.17) is 11.0 Å². The van der Waals surface area contributed by atoms with Crippen molar-refractivity contribution in [1.29, 1.82) is 5.26 Å². The zero-order valence-electron chi connectivity index (χ0n) is 8.94. The van der Waals surface area contributed by atoms with E-state index in [1.807, 2.05) is 24.3 Å². The molecular weight excluding hydrogens is 278 g/mol. The Hall–Kier alpha value is -1.99. The van der Waals surface area contributed by atoms with Gasteiger partial charge in [-0.05, 0) is 42.5 Å². The molecule has 0 radical (unpaired) electrons. The van der Waals surface area contributed by atoms with Gasteiger partial charge in [0.15, 0.2) is 0 Å². The SMILES string of the molecule is N#Cc1ccc(N)c(Nc2ccc(Br)cc2)c1. The normalized spacial score (nSPS) is 9.65. The molecule has 0 unspecified atom stereocenters. The van der Waals surface area contributed by atoms with Crippen molar-refractivity contribution in [2.75, 3.05) is 11.1 Å². The monoisotopic (exact) mass is 287 g/mol. The summed E-state index contributed by atoms with van der Waals surface area (Å²) in [4.78, 5) is 0. The Morgan fingerprint density at radius 1 is 1.12 bits per heavy atom. The minimum Gasteiger partial charge on any atom is -0.397 e. The van der Waals surface area contributed by atoms with Gasteiger partial charge < -0.3 is 11.1 Å². The van der Waals surface area contributed by atoms with Crippen molar-refractivity contribution in [3.8, 4) is 6.07 Å². The number of benzene rings is 2. The second-order valence-electron chi connectivity index (χ2n) is 3.55. The van der Waals surface area contributed by atoms with Crippen LogP contribution in [0.2, 0.25) is 0 Å². The van der Waals surface area contributed by atoms with Crippen molar-refractivity contribution in [3.63, 3.8) is 0 Å². The molecule has 0 atom stereocenters. The standard InChI is InChI=1S/C13H10BrN3/c14-10-2-4-11(5-3-10)17-13-7-9(8-15)1-6-12(13)16/h1-7,17H,16H2. The van der Waals surface area contributed by atoms with Crippen molar-refractivity contribution in [2.45, 2.75) is 0 Å². The molecule has 0 amide bonds. The minimum absolute atomic E-state index is 0.582. The van der Waals surface area contributed by atoms with Gasteiger partial charge in [0.25, 0.3) is 0 Å². The summed E-state index contributed by atoms with van der Waals surface area (Å²) in [5.41, 5.74) is 8.71. The van der Waals surface area contributed by atoms with Gasteiger partial charge in [-0.15, -0.1) is 0 Å². The molecule has 2 aromatic carbocycles. The molecule has 0 saturated carbocycles. The molecule has 0 aliphatic heterocycles. The zero-order valence-corrected chi connectivity index (χ0v) is 10.5. The molecule has 0 aromatic heterocycles. The molecule has 3 nitrogen and oxygen atoms in total. The maximum Gasteiger partial charge on any atom is 0.0992 e. The number of nitrogens with one attached hydrogen (secondary N) is 1. The van der Waals surface area contributed by atoms with E-state index in [-0.39, 0.29) is 0 Å². The van der Waals surface area contributed by atoms with E-state index >= 15 is 0 Å². The third-order valence-electron chi connectivity index (χ3n) is 2.31. The van der Waals surface area contributed by atoms with Crippen LogP contribution in [0.4, 0.5) is 17.1 Å². The van der Waals surface area contributed by atoms with E-state index < -0.39 is 0 Å². The number of nitriles is 1. The van der Waals surface area contributed by atoms with Crippen LogP contribution in [0.15, 0.2) is 46.9 Å². The maximum absolute atomic E-state index is 8.83. The first-order valence-corrected chi connectivity index (χ1v) is 5.80. The lowest BCUT2D eigenvalue weighted by Crippen LogP contribution is -1.96.